The first kappa shape index (κ1) is 14.8. The maximum absolute atomic E-state index is 12.1. The summed E-state index contributed by atoms with van der Waals surface area (Å²) in [6.07, 6.45) is 3.13. The smallest absolute Gasteiger partial charge is 0.248 e. The van der Waals surface area contributed by atoms with Gasteiger partial charge in [-0.25, -0.2) is 0 Å². The second-order valence-corrected chi connectivity index (χ2v) is 6.21. The number of carbonyl (C=O) groups is 1. The molecular formula is C14H27N3O2. The molecule has 1 saturated heterocycles. The first-order chi connectivity index (χ1) is 9.04. The van der Waals surface area contributed by atoms with Crippen LogP contribution in [0.2, 0.25) is 0 Å². The fourth-order valence-corrected chi connectivity index (χ4v) is 3.09. The molecule has 0 spiro atoms. The number of rotatable bonds is 4. The number of nitrogens with zero attached hydrogens (tertiary/aromatic N) is 2. The van der Waals surface area contributed by atoms with E-state index in [0.29, 0.717) is 12.5 Å². The van der Waals surface area contributed by atoms with Crippen LogP contribution in [0.1, 0.15) is 26.2 Å². The fraction of sp³-hybridized carbons (Fsp3) is 0.929. The van der Waals surface area contributed by atoms with Gasteiger partial charge in [0.05, 0.1) is 5.60 Å². The lowest BCUT2D eigenvalue weighted by Crippen LogP contribution is -2.49. The molecule has 1 saturated carbocycles. The van der Waals surface area contributed by atoms with Gasteiger partial charge in [-0.2, -0.15) is 0 Å². The number of hydrogen-bond donors (Lipinski definition) is 1. The molecule has 110 valence electrons. The van der Waals surface area contributed by atoms with Crippen LogP contribution in [-0.2, 0) is 9.53 Å². The van der Waals surface area contributed by atoms with Gasteiger partial charge in [-0.3, -0.25) is 4.79 Å². The number of carbonyl (C=O) groups excluding carboxylic acids is 1. The van der Waals surface area contributed by atoms with Crippen molar-refractivity contribution in [1.29, 1.82) is 0 Å². The number of piperazine rings is 1. The van der Waals surface area contributed by atoms with Gasteiger partial charge in [-0.05, 0) is 32.2 Å². The van der Waals surface area contributed by atoms with Gasteiger partial charge in [-0.1, -0.05) is 6.92 Å². The van der Waals surface area contributed by atoms with Crippen molar-refractivity contribution in [2.24, 2.45) is 11.7 Å². The highest BCUT2D eigenvalue weighted by Gasteiger charge is 2.38. The molecule has 0 aromatic heterocycles. The fourth-order valence-electron chi connectivity index (χ4n) is 3.09. The van der Waals surface area contributed by atoms with E-state index in [-0.39, 0.29) is 18.1 Å². The van der Waals surface area contributed by atoms with Gasteiger partial charge in [0.25, 0.3) is 0 Å². The molecule has 1 amide bonds. The highest BCUT2D eigenvalue weighted by molar-refractivity contribution is 5.77. The van der Waals surface area contributed by atoms with Crippen LogP contribution in [0.15, 0.2) is 0 Å². The Hall–Kier alpha value is -0.650. The number of ether oxygens (including phenoxy) is 1. The van der Waals surface area contributed by atoms with Crippen LogP contribution in [0.25, 0.3) is 0 Å². The molecule has 1 heterocycles. The Bertz CT molecular complexity index is 316. The van der Waals surface area contributed by atoms with Crippen LogP contribution in [0.3, 0.4) is 0 Å². The van der Waals surface area contributed by atoms with E-state index < -0.39 is 0 Å². The van der Waals surface area contributed by atoms with Crippen LogP contribution < -0.4 is 5.73 Å². The van der Waals surface area contributed by atoms with E-state index in [4.69, 9.17) is 10.5 Å². The Morgan fingerprint density at radius 3 is 2.58 bits per heavy atom. The molecule has 0 radical (unpaired) electrons. The second kappa shape index (κ2) is 6.20. The number of amides is 1. The minimum Gasteiger partial charge on any atom is -0.364 e. The number of hydrogen-bond acceptors (Lipinski definition) is 4. The van der Waals surface area contributed by atoms with Crippen LogP contribution >= 0.6 is 0 Å². The van der Waals surface area contributed by atoms with E-state index in [1.165, 1.54) is 0 Å². The van der Waals surface area contributed by atoms with Crippen LogP contribution in [0.5, 0.6) is 0 Å². The lowest BCUT2D eigenvalue weighted by Gasteiger charge is -2.34. The molecule has 2 atom stereocenters. The molecule has 19 heavy (non-hydrogen) atoms. The first-order valence-electron chi connectivity index (χ1n) is 7.35. The highest BCUT2D eigenvalue weighted by Crippen LogP contribution is 2.36. The van der Waals surface area contributed by atoms with Gasteiger partial charge in [0, 0.05) is 32.7 Å². The topological polar surface area (TPSA) is 58.8 Å². The third-order valence-electron chi connectivity index (χ3n) is 4.54. The molecule has 0 aromatic carbocycles. The normalized spacial score (nSPS) is 32.8. The molecule has 2 aliphatic rings. The molecule has 1 aliphatic heterocycles. The number of nitrogens with two attached hydrogens (primary N) is 1. The van der Waals surface area contributed by atoms with E-state index in [1.54, 1.807) is 0 Å². The largest absolute Gasteiger partial charge is 0.364 e. The average Bonchev–Trinajstić information content (AvgIpc) is 2.79. The quantitative estimate of drug-likeness (QED) is 0.797. The summed E-state index contributed by atoms with van der Waals surface area (Å²) in [6.45, 7) is 6.45. The second-order valence-electron chi connectivity index (χ2n) is 6.21. The lowest BCUT2D eigenvalue weighted by molar-refractivity contribution is -0.144. The minimum atomic E-state index is -0.248. The van der Waals surface area contributed by atoms with Gasteiger partial charge in [0.1, 0.15) is 6.61 Å². The third kappa shape index (κ3) is 3.68. The van der Waals surface area contributed by atoms with Crippen LogP contribution in [0.4, 0.5) is 0 Å². The van der Waals surface area contributed by atoms with Gasteiger partial charge in [0.2, 0.25) is 5.91 Å². The van der Waals surface area contributed by atoms with E-state index in [9.17, 15) is 4.79 Å². The SMILES string of the molecule is CC1CCC(CN)(OCC(=O)N2CCN(C)CC2)C1. The Balaban J connectivity index is 1.79. The van der Waals surface area contributed by atoms with Crippen molar-refractivity contribution in [3.05, 3.63) is 0 Å². The molecule has 2 rings (SSSR count). The van der Waals surface area contributed by atoms with Crippen LogP contribution in [-0.4, -0.2) is 67.7 Å². The third-order valence-corrected chi connectivity index (χ3v) is 4.54. The minimum absolute atomic E-state index is 0.112. The molecule has 2 fully saturated rings. The summed E-state index contributed by atoms with van der Waals surface area (Å²) in [5.74, 6) is 0.766. The molecular weight excluding hydrogens is 242 g/mol. The standard InChI is InChI=1S/C14H27N3O2/c1-12-3-4-14(9-12,11-15)19-10-13(18)17-7-5-16(2)6-8-17/h12H,3-11,15H2,1-2H3. The maximum atomic E-state index is 12.1. The summed E-state index contributed by atoms with van der Waals surface area (Å²) >= 11 is 0. The molecule has 5 nitrogen and oxygen atoms in total. The summed E-state index contributed by atoms with van der Waals surface area (Å²) in [5.41, 5.74) is 5.61. The van der Waals surface area contributed by atoms with Gasteiger partial charge in [-0.15, -0.1) is 0 Å². The predicted molar refractivity (Wildman–Crippen MR) is 74.8 cm³/mol. The van der Waals surface area contributed by atoms with Crippen molar-refractivity contribution in [3.63, 3.8) is 0 Å². The molecule has 2 unspecified atom stereocenters. The zero-order chi connectivity index (χ0) is 13.9. The van der Waals surface area contributed by atoms with Gasteiger partial charge < -0.3 is 20.3 Å². The lowest BCUT2D eigenvalue weighted by atomic mass is 10.0. The predicted octanol–water partition coefficient (Wildman–Crippen LogP) is 0.295. The van der Waals surface area contributed by atoms with Gasteiger partial charge in [0.15, 0.2) is 0 Å². The van der Waals surface area contributed by atoms with E-state index in [2.05, 4.69) is 18.9 Å². The first-order valence-corrected chi connectivity index (χ1v) is 7.35. The Morgan fingerprint density at radius 1 is 1.37 bits per heavy atom. The molecule has 5 heteroatoms. The van der Waals surface area contributed by atoms with Crippen molar-refractivity contribution >= 4 is 5.91 Å². The monoisotopic (exact) mass is 269 g/mol. The summed E-state index contributed by atoms with van der Waals surface area (Å²) in [7, 11) is 2.08. The summed E-state index contributed by atoms with van der Waals surface area (Å²) in [4.78, 5) is 16.3. The average molecular weight is 269 g/mol. The van der Waals surface area contributed by atoms with E-state index >= 15 is 0 Å². The zero-order valence-corrected chi connectivity index (χ0v) is 12.2. The molecule has 0 bridgehead atoms. The van der Waals surface area contributed by atoms with E-state index in [1.807, 2.05) is 4.90 Å². The molecule has 2 N–H and O–H groups in total. The zero-order valence-electron chi connectivity index (χ0n) is 12.2. The number of likely N-dealkylation sites (N-methyl/N-ethyl adjacent to an activating group) is 1. The highest BCUT2D eigenvalue weighted by atomic mass is 16.5. The molecule has 1 aliphatic carbocycles. The maximum Gasteiger partial charge on any atom is 0.248 e. The summed E-state index contributed by atoms with van der Waals surface area (Å²) in [6, 6.07) is 0. The van der Waals surface area contributed by atoms with Gasteiger partial charge >= 0.3 is 0 Å². The van der Waals surface area contributed by atoms with Crippen molar-refractivity contribution < 1.29 is 9.53 Å². The Labute approximate surface area is 116 Å². The van der Waals surface area contributed by atoms with Crippen molar-refractivity contribution in [2.45, 2.75) is 31.8 Å². The van der Waals surface area contributed by atoms with Crippen molar-refractivity contribution in [3.8, 4) is 0 Å². The summed E-state index contributed by atoms with van der Waals surface area (Å²) in [5, 5.41) is 0. The summed E-state index contributed by atoms with van der Waals surface area (Å²) < 4.78 is 5.92. The van der Waals surface area contributed by atoms with Crippen molar-refractivity contribution in [1.82, 2.24) is 9.80 Å². The van der Waals surface area contributed by atoms with Crippen molar-refractivity contribution in [2.75, 3.05) is 46.4 Å². The Kier molecular flexibility index (Phi) is 4.81. The van der Waals surface area contributed by atoms with E-state index in [0.717, 1.165) is 45.4 Å². The van der Waals surface area contributed by atoms with Crippen LogP contribution in [0, 0.1) is 5.92 Å². The Morgan fingerprint density at radius 2 is 2.05 bits per heavy atom. The molecule has 0 aromatic rings.